The molecule has 0 amide bonds. The summed E-state index contributed by atoms with van der Waals surface area (Å²) in [6, 6.07) is 11.9. The van der Waals surface area contributed by atoms with Crippen molar-refractivity contribution in [2.75, 3.05) is 10.5 Å². The second-order valence-electron chi connectivity index (χ2n) is 4.20. The Balaban J connectivity index is 2.02. The number of para-hydroxylation sites is 1. The minimum Gasteiger partial charge on any atom is -0.237 e. The molecule has 5 nitrogen and oxygen atoms in total. The molecule has 0 fully saturated rings. The predicted molar refractivity (Wildman–Crippen MR) is 74.3 cm³/mol. The molecule has 0 atom stereocenters. The zero-order valence-corrected chi connectivity index (χ0v) is 10.8. The molecule has 21 heavy (non-hydrogen) atoms. The van der Waals surface area contributed by atoms with E-state index < -0.39 is 5.82 Å². The third-order valence-corrected chi connectivity index (χ3v) is 2.80. The predicted octanol–water partition coefficient (Wildman–Crippen LogP) is 2.85. The monoisotopic (exact) mass is 287 g/mol. The first-order valence-corrected chi connectivity index (χ1v) is 6.15. The van der Waals surface area contributed by atoms with Crippen LogP contribution in [0.25, 0.3) is 0 Å². The molecule has 106 valence electrons. The Morgan fingerprint density at radius 3 is 2.43 bits per heavy atom. The molecule has 0 saturated heterocycles. The van der Waals surface area contributed by atoms with E-state index >= 15 is 0 Å². The lowest BCUT2D eigenvalue weighted by atomic mass is 10.2. The number of hydrogen-bond acceptors (Lipinski definition) is 4. The topological polar surface area (TPSA) is 46.0 Å². The number of halogens is 2. The number of nitrogens with zero attached hydrogens (tertiary/aromatic N) is 4. The van der Waals surface area contributed by atoms with Gasteiger partial charge in [0.05, 0.1) is 5.69 Å². The summed E-state index contributed by atoms with van der Waals surface area (Å²) in [4.78, 5) is 5.12. The van der Waals surface area contributed by atoms with Gasteiger partial charge in [-0.15, -0.1) is 9.89 Å². The van der Waals surface area contributed by atoms with E-state index in [0.29, 0.717) is 5.69 Å². The average Bonchev–Trinajstić information content (AvgIpc) is 3.00. The highest BCUT2D eigenvalue weighted by Crippen LogP contribution is 2.26. The van der Waals surface area contributed by atoms with Crippen molar-refractivity contribution in [3.05, 3.63) is 72.8 Å². The Kier molecular flexibility index (Phi) is 3.46. The second kappa shape index (κ2) is 5.58. The smallest absolute Gasteiger partial charge is 0.148 e. The molecule has 1 N–H and O–H groups in total. The fourth-order valence-electron chi connectivity index (χ4n) is 1.84. The van der Waals surface area contributed by atoms with Crippen molar-refractivity contribution < 1.29 is 8.78 Å². The fraction of sp³-hybridized carbons (Fsp3) is 0. The molecule has 0 bridgehead atoms. The van der Waals surface area contributed by atoms with Crippen molar-refractivity contribution in [2.24, 2.45) is 0 Å². The quantitative estimate of drug-likeness (QED) is 0.750. The summed E-state index contributed by atoms with van der Waals surface area (Å²) in [5.41, 5.74) is 3.70. The first-order valence-electron chi connectivity index (χ1n) is 6.15. The molecule has 1 aromatic heterocycles. The van der Waals surface area contributed by atoms with Crippen molar-refractivity contribution in [1.82, 2.24) is 14.9 Å². The van der Waals surface area contributed by atoms with Crippen molar-refractivity contribution in [3.63, 3.8) is 0 Å². The van der Waals surface area contributed by atoms with Crippen LogP contribution in [-0.2, 0) is 0 Å². The Morgan fingerprint density at radius 1 is 1.00 bits per heavy atom. The van der Waals surface area contributed by atoms with Crippen LogP contribution in [-0.4, -0.2) is 14.9 Å². The molecular formula is C14H11F2N5. The van der Waals surface area contributed by atoms with Crippen molar-refractivity contribution >= 4 is 11.4 Å². The van der Waals surface area contributed by atoms with Crippen molar-refractivity contribution in [1.29, 1.82) is 0 Å². The van der Waals surface area contributed by atoms with Crippen LogP contribution in [0, 0.1) is 11.6 Å². The molecule has 0 radical (unpaired) electrons. The fourth-order valence-corrected chi connectivity index (χ4v) is 1.84. The number of hydrazine groups is 1. The summed E-state index contributed by atoms with van der Waals surface area (Å²) in [5.74, 6) is -0.789. The van der Waals surface area contributed by atoms with Gasteiger partial charge in [0.1, 0.15) is 30.0 Å². The Labute approximate surface area is 119 Å². The van der Waals surface area contributed by atoms with E-state index in [1.807, 2.05) is 0 Å². The van der Waals surface area contributed by atoms with Gasteiger partial charge in [-0.3, -0.25) is 0 Å². The molecule has 7 heteroatoms. The van der Waals surface area contributed by atoms with Gasteiger partial charge in [-0.25, -0.2) is 24.3 Å². The molecule has 0 spiro atoms. The standard InChI is InChI=1S/C14H11F2N5/c15-11-5-7-12(8-6-11)21(19-20-10-17-9-18-20)14-4-2-1-3-13(14)16/h1-10,19H. The summed E-state index contributed by atoms with van der Waals surface area (Å²) in [6.07, 6.45) is 2.77. The third kappa shape index (κ3) is 2.81. The zero-order chi connectivity index (χ0) is 14.7. The van der Waals surface area contributed by atoms with Crippen LogP contribution < -0.4 is 10.5 Å². The van der Waals surface area contributed by atoms with Crippen LogP contribution in [0.4, 0.5) is 20.2 Å². The summed E-state index contributed by atoms with van der Waals surface area (Å²) in [6.45, 7) is 0. The summed E-state index contributed by atoms with van der Waals surface area (Å²) < 4.78 is 27.1. The molecule has 0 aliphatic heterocycles. The number of nitrogens with one attached hydrogen (secondary N) is 1. The zero-order valence-electron chi connectivity index (χ0n) is 10.8. The van der Waals surface area contributed by atoms with E-state index in [0.717, 1.165) is 0 Å². The van der Waals surface area contributed by atoms with Gasteiger partial charge in [-0.1, -0.05) is 12.1 Å². The molecule has 3 aromatic rings. The molecule has 2 aromatic carbocycles. The summed E-state index contributed by atoms with van der Waals surface area (Å²) in [5, 5.41) is 5.36. The lowest BCUT2D eigenvalue weighted by Crippen LogP contribution is -2.33. The van der Waals surface area contributed by atoms with E-state index in [4.69, 9.17) is 0 Å². The van der Waals surface area contributed by atoms with Crippen LogP contribution in [0.3, 0.4) is 0 Å². The first kappa shape index (κ1) is 13.0. The van der Waals surface area contributed by atoms with Gasteiger partial charge in [-0.05, 0) is 36.4 Å². The lowest BCUT2D eigenvalue weighted by molar-refractivity contribution is 0.620. The maximum Gasteiger partial charge on any atom is 0.148 e. The lowest BCUT2D eigenvalue weighted by Gasteiger charge is -2.26. The van der Waals surface area contributed by atoms with Crippen molar-refractivity contribution in [3.8, 4) is 0 Å². The van der Waals surface area contributed by atoms with Gasteiger partial charge < -0.3 is 0 Å². The van der Waals surface area contributed by atoms with E-state index in [2.05, 4.69) is 15.6 Å². The maximum atomic E-state index is 14.0. The normalized spacial score (nSPS) is 10.4. The summed E-state index contributed by atoms with van der Waals surface area (Å²) >= 11 is 0. The van der Waals surface area contributed by atoms with Gasteiger partial charge in [0.25, 0.3) is 0 Å². The first-order chi connectivity index (χ1) is 10.2. The minimum atomic E-state index is -0.422. The number of rotatable bonds is 4. The van der Waals surface area contributed by atoms with E-state index in [1.165, 1.54) is 52.8 Å². The molecular weight excluding hydrogens is 276 g/mol. The number of aromatic nitrogens is 3. The third-order valence-electron chi connectivity index (χ3n) is 2.80. The van der Waals surface area contributed by atoms with E-state index in [1.54, 1.807) is 18.2 Å². The van der Waals surface area contributed by atoms with Gasteiger partial charge >= 0.3 is 0 Å². The highest BCUT2D eigenvalue weighted by atomic mass is 19.1. The average molecular weight is 287 g/mol. The van der Waals surface area contributed by atoms with Gasteiger partial charge in [0.15, 0.2) is 0 Å². The largest absolute Gasteiger partial charge is 0.237 e. The molecule has 3 rings (SSSR count). The molecule has 0 saturated carbocycles. The number of anilines is 2. The van der Waals surface area contributed by atoms with Gasteiger partial charge in [-0.2, -0.15) is 0 Å². The number of hydrogen-bond donors (Lipinski definition) is 1. The van der Waals surface area contributed by atoms with E-state index in [9.17, 15) is 8.78 Å². The molecule has 1 heterocycles. The van der Waals surface area contributed by atoms with Gasteiger partial charge in [0, 0.05) is 0 Å². The molecule has 0 aliphatic carbocycles. The van der Waals surface area contributed by atoms with Crippen LogP contribution >= 0.6 is 0 Å². The maximum absolute atomic E-state index is 14.0. The molecule has 0 aliphatic rings. The minimum absolute atomic E-state index is 0.277. The van der Waals surface area contributed by atoms with Gasteiger partial charge in [0.2, 0.25) is 0 Å². The second-order valence-corrected chi connectivity index (χ2v) is 4.20. The Hall–Kier alpha value is -2.96. The van der Waals surface area contributed by atoms with Crippen LogP contribution in [0.1, 0.15) is 0 Å². The number of benzene rings is 2. The van der Waals surface area contributed by atoms with E-state index in [-0.39, 0.29) is 11.5 Å². The highest BCUT2D eigenvalue weighted by Gasteiger charge is 2.14. The SMILES string of the molecule is Fc1ccc(N(Nn2cncn2)c2ccccc2F)cc1. The summed E-state index contributed by atoms with van der Waals surface area (Å²) in [7, 11) is 0. The van der Waals surface area contributed by atoms with Crippen LogP contribution in [0.2, 0.25) is 0 Å². The highest BCUT2D eigenvalue weighted by molar-refractivity contribution is 5.64. The Morgan fingerprint density at radius 2 is 1.76 bits per heavy atom. The van der Waals surface area contributed by atoms with Crippen LogP contribution in [0.5, 0.6) is 0 Å². The molecule has 0 unspecified atom stereocenters. The van der Waals surface area contributed by atoms with Crippen LogP contribution in [0.15, 0.2) is 61.2 Å². The Bertz CT molecular complexity index is 712. The van der Waals surface area contributed by atoms with Crippen molar-refractivity contribution in [2.45, 2.75) is 0 Å².